The summed E-state index contributed by atoms with van der Waals surface area (Å²) in [6, 6.07) is 3.97. The molecule has 1 aromatic heterocycles. The summed E-state index contributed by atoms with van der Waals surface area (Å²) in [4.78, 5) is 9.07. The fourth-order valence-electron chi connectivity index (χ4n) is 1.85. The molecule has 18 heavy (non-hydrogen) atoms. The molecular formula is C14H25N3O. The number of hydrogen-bond donors (Lipinski definition) is 1. The molecule has 0 bridgehead atoms. The number of pyridine rings is 1. The van der Waals surface area contributed by atoms with E-state index < -0.39 is 0 Å². The van der Waals surface area contributed by atoms with Gasteiger partial charge in [0.25, 0.3) is 0 Å². The van der Waals surface area contributed by atoms with Crippen molar-refractivity contribution in [1.29, 1.82) is 0 Å². The lowest BCUT2D eigenvalue weighted by atomic mass is 10.2. The largest absolute Gasteiger partial charge is 0.392 e. The SMILES string of the molecule is CCCN(CCN(C)C)c1ccc(CO)c(C)n1. The minimum absolute atomic E-state index is 0.0601. The van der Waals surface area contributed by atoms with Crippen LogP contribution in [0.5, 0.6) is 0 Å². The lowest BCUT2D eigenvalue weighted by Gasteiger charge is -2.25. The van der Waals surface area contributed by atoms with Gasteiger partial charge in [-0.15, -0.1) is 0 Å². The molecule has 0 aromatic carbocycles. The van der Waals surface area contributed by atoms with Gasteiger partial charge in [-0.1, -0.05) is 13.0 Å². The van der Waals surface area contributed by atoms with Gasteiger partial charge in [-0.25, -0.2) is 4.98 Å². The quantitative estimate of drug-likeness (QED) is 0.800. The first-order valence-electron chi connectivity index (χ1n) is 6.55. The minimum atomic E-state index is 0.0601. The van der Waals surface area contributed by atoms with Crippen molar-refractivity contribution in [3.8, 4) is 0 Å². The number of hydrogen-bond acceptors (Lipinski definition) is 4. The van der Waals surface area contributed by atoms with E-state index in [9.17, 15) is 0 Å². The van der Waals surface area contributed by atoms with Gasteiger partial charge in [-0.2, -0.15) is 0 Å². The molecule has 0 atom stereocenters. The molecule has 0 saturated carbocycles. The van der Waals surface area contributed by atoms with Crippen molar-refractivity contribution in [3.05, 3.63) is 23.4 Å². The Kier molecular flexibility index (Phi) is 6.09. The van der Waals surface area contributed by atoms with Gasteiger partial charge in [0.2, 0.25) is 0 Å². The molecule has 0 aliphatic heterocycles. The van der Waals surface area contributed by atoms with E-state index in [1.165, 1.54) is 0 Å². The lowest BCUT2D eigenvalue weighted by Crippen LogP contribution is -2.33. The van der Waals surface area contributed by atoms with Crippen LogP contribution in [0.1, 0.15) is 24.6 Å². The Morgan fingerprint density at radius 1 is 1.17 bits per heavy atom. The molecule has 0 unspecified atom stereocenters. The highest BCUT2D eigenvalue weighted by molar-refractivity contribution is 5.41. The van der Waals surface area contributed by atoms with Gasteiger partial charge in [0.15, 0.2) is 0 Å². The van der Waals surface area contributed by atoms with Crippen molar-refractivity contribution in [1.82, 2.24) is 9.88 Å². The van der Waals surface area contributed by atoms with Crippen LogP contribution < -0.4 is 4.90 Å². The Labute approximate surface area is 110 Å². The topological polar surface area (TPSA) is 39.6 Å². The molecule has 1 aromatic rings. The molecule has 1 heterocycles. The number of nitrogens with zero attached hydrogens (tertiary/aromatic N) is 3. The minimum Gasteiger partial charge on any atom is -0.392 e. The third-order valence-corrected chi connectivity index (χ3v) is 2.99. The van der Waals surface area contributed by atoms with Crippen LogP contribution in [0.4, 0.5) is 5.82 Å². The van der Waals surface area contributed by atoms with Crippen LogP contribution in [0.2, 0.25) is 0 Å². The van der Waals surface area contributed by atoms with Crippen LogP contribution in [-0.4, -0.2) is 48.7 Å². The van der Waals surface area contributed by atoms with Gasteiger partial charge >= 0.3 is 0 Å². The number of aliphatic hydroxyl groups excluding tert-OH is 1. The number of anilines is 1. The highest BCUT2D eigenvalue weighted by atomic mass is 16.3. The molecule has 102 valence electrons. The van der Waals surface area contributed by atoms with Crippen LogP contribution >= 0.6 is 0 Å². The van der Waals surface area contributed by atoms with E-state index in [0.29, 0.717) is 0 Å². The monoisotopic (exact) mass is 251 g/mol. The molecular weight excluding hydrogens is 226 g/mol. The van der Waals surface area contributed by atoms with Gasteiger partial charge in [-0.3, -0.25) is 0 Å². The van der Waals surface area contributed by atoms with Crippen LogP contribution in [0.25, 0.3) is 0 Å². The third kappa shape index (κ3) is 4.27. The summed E-state index contributed by atoms with van der Waals surface area (Å²) < 4.78 is 0. The van der Waals surface area contributed by atoms with Crippen molar-refractivity contribution >= 4 is 5.82 Å². The zero-order valence-electron chi connectivity index (χ0n) is 12.0. The Balaban J connectivity index is 2.81. The molecule has 0 saturated heterocycles. The fourth-order valence-corrected chi connectivity index (χ4v) is 1.85. The standard InChI is InChI=1S/C14H25N3O/c1-5-8-17(10-9-16(3)4)14-7-6-13(11-18)12(2)15-14/h6-7,18H,5,8-11H2,1-4H3. The number of likely N-dealkylation sites (N-methyl/N-ethyl adjacent to an activating group) is 1. The van der Waals surface area contributed by atoms with Crippen molar-refractivity contribution in [2.75, 3.05) is 38.6 Å². The molecule has 0 aliphatic carbocycles. The Bertz CT molecular complexity index is 366. The molecule has 0 spiro atoms. The van der Waals surface area contributed by atoms with E-state index in [2.05, 4.69) is 35.8 Å². The summed E-state index contributed by atoms with van der Waals surface area (Å²) in [5, 5.41) is 9.17. The normalized spacial score (nSPS) is 11.0. The number of aryl methyl sites for hydroxylation is 1. The average Bonchev–Trinajstić information content (AvgIpc) is 2.34. The Morgan fingerprint density at radius 2 is 1.89 bits per heavy atom. The van der Waals surface area contributed by atoms with Gasteiger partial charge in [-0.05, 0) is 39.1 Å². The summed E-state index contributed by atoms with van der Waals surface area (Å²) in [6.45, 7) is 7.19. The molecule has 1 rings (SSSR count). The second-order valence-electron chi connectivity index (χ2n) is 4.86. The summed E-state index contributed by atoms with van der Waals surface area (Å²) in [5.74, 6) is 1.01. The maximum absolute atomic E-state index is 9.17. The molecule has 4 nitrogen and oxygen atoms in total. The average molecular weight is 251 g/mol. The van der Waals surface area contributed by atoms with Crippen LogP contribution in [0, 0.1) is 6.92 Å². The number of aliphatic hydroxyl groups is 1. The van der Waals surface area contributed by atoms with Gasteiger partial charge in [0, 0.05) is 25.3 Å². The molecule has 1 N–H and O–H groups in total. The summed E-state index contributed by atoms with van der Waals surface area (Å²) in [5.41, 5.74) is 1.82. The molecule has 0 radical (unpaired) electrons. The second kappa shape index (κ2) is 7.34. The highest BCUT2D eigenvalue weighted by Gasteiger charge is 2.09. The van der Waals surface area contributed by atoms with Crippen molar-refractivity contribution in [3.63, 3.8) is 0 Å². The van der Waals surface area contributed by atoms with Crippen molar-refractivity contribution in [2.45, 2.75) is 26.9 Å². The first-order chi connectivity index (χ1) is 8.58. The van der Waals surface area contributed by atoms with Crippen LogP contribution in [0.15, 0.2) is 12.1 Å². The Hall–Kier alpha value is -1.13. The van der Waals surface area contributed by atoms with Gasteiger partial charge in [0.1, 0.15) is 5.82 Å². The van der Waals surface area contributed by atoms with Crippen molar-refractivity contribution in [2.24, 2.45) is 0 Å². The van der Waals surface area contributed by atoms with E-state index >= 15 is 0 Å². The van der Waals surface area contributed by atoms with E-state index in [1.807, 2.05) is 19.1 Å². The lowest BCUT2D eigenvalue weighted by molar-refractivity contribution is 0.280. The first-order valence-corrected chi connectivity index (χ1v) is 6.55. The highest BCUT2D eigenvalue weighted by Crippen LogP contribution is 2.15. The molecule has 4 heteroatoms. The summed E-state index contributed by atoms with van der Waals surface area (Å²) in [7, 11) is 4.16. The van der Waals surface area contributed by atoms with E-state index in [0.717, 1.165) is 43.1 Å². The first kappa shape index (κ1) is 14.9. The molecule has 0 aliphatic rings. The van der Waals surface area contributed by atoms with E-state index in [-0.39, 0.29) is 6.61 Å². The molecule has 0 amide bonds. The van der Waals surface area contributed by atoms with Gasteiger partial charge in [0.05, 0.1) is 6.61 Å². The van der Waals surface area contributed by atoms with E-state index in [4.69, 9.17) is 5.11 Å². The maximum atomic E-state index is 9.17. The maximum Gasteiger partial charge on any atom is 0.128 e. The zero-order valence-corrected chi connectivity index (χ0v) is 12.0. The van der Waals surface area contributed by atoms with Gasteiger partial charge < -0.3 is 14.9 Å². The zero-order chi connectivity index (χ0) is 13.5. The van der Waals surface area contributed by atoms with Crippen molar-refractivity contribution < 1.29 is 5.11 Å². The van der Waals surface area contributed by atoms with Crippen LogP contribution in [-0.2, 0) is 6.61 Å². The smallest absolute Gasteiger partial charge is 0.128 e. The third-order valence-electron chi connectivity index (χ3n) is 2.99. The Morgan fingerprint density at radius 3 is 2.39 bits per heavy atom. The predicted octanol–water partition coefficient (Wildman–Crippen LogP) is 1.66. The van der Waals surface area contributed by atoms with E-state index in [1.54, 1.807) is 0 Å². The number of aromatic nitrogens is 1. The molecule has 0 fully saturated rings. The van der Waals surface area contributed by atoms with Crippen LogP contribution in [0.3, 0.4) is 0 Å². The fraction of sp³-hybridized carbons (Fsp3) is 0.643. The summed E-state index contributed by atoms with van der Waals surface area (Å²) >= 11 is 0. The predicted molar refractivity (Wildman–Crippen MR) is 76.0 cm³/mol. The summed E-state index contributed by atoms with van der Waals surface area (Å²) in [6.07, 6.45) is 1.11. The second-order valence-corrected chi connectivity index (χ2v) is 4.86. The number of rotatable bonds is 7.